The van der Waals surface area contributed by atoms with Gasteiger partial charge in [-0.1, -0.05) is 6.07 Å². The van der Waals surface area contributed by atoms with Gasteiger partial charge in [0.2, 0.25) is 5.95 Å². The summed E-state index contributed by atoms with van der Waals surface area (Å²) in [5.41, 5.74) is 7.82. The Bertz CT molecular complexity index is 619. The Labute approximate surface area is 130 Å². The number of nitrogens with one attached hydrogen (secondary N) is 1. The third-order valence-electron chi connectivity index (χ3n) is 3.95. The van der Waals surface area contributed by atoms with Crippen molar-refractivity contribution < 1.29 is 0 Å². The lowest BCUT2D eigenvalue weighted by atomic mass is 10.1. The van der Waals surface area contributed by atoms with Crippen LogP contribution < -0.4 is 16.0 Å². The SMILES string of the molecule is Cc1ccc(NC[C@@H]2CCN(c3cc(C)nc(N)n3)C2)nc1. The van der Waals surface area contributed by atoms with E-state index in [1.165, 1.54) is 5.56 Å². The Morgan fingerprint density at radius 3 is 2.91 bits per heavy atom. The predicted molar refractivity (Wildman–Crippen MR) is 89.0 cm³/mol. The summed E-state index contributed by atoms with van der Waals surface area (Å²) in [6, 6.07) is 6.09. The number of nitrogen functional groups attached to an aromatic ring is 1. The van der Waals surface area contributed by atoms with E-state index in [4.69, 9.17) is 5.73 Å². The largest absolute Gasteiger partial charge is 0.370 e. The number of pyridine rings is 1. The highest BCUT2D eigenvalue weighted by Crippen LogP contribution is 2.23. The summed E-state index contributed by atoms with van der Waals surface area (Å²) in [6.45, 7) is 6.89. The topological polar surface area (TPSA) is 80.0 Å². The molecule has 6 heteroatoms. The van der Waals surface area contributed by atoms with E-state index in [2.05, 4.69) is 31.2 Å². The Hall–Kier alpha value is -2.37. The predicted octanol–water partition coefficient (Wildman–Crippen LogP) is 2.01. The van der Waals surface area contributed by atoms with Crippen molar-refractivity contribution in [3.8, 4) is 0 Å². The molecule has 0 spiro atoms. The summed E-state index contributed by atoms with van der Waals surface area (Å²) in [5, 5.41) is 3.41. The van der Waals surface area contributed by atoms with Crippen molar-refractivity contribution in [2.24, 2.45) is 5.92 Å². The summed E-state index contributed by atoms with van der Waals surface area (Å²) in [7, 11) is 0. The minimum absolute atomic E-state index is 0.348. The molecule has 1 fully saturated rings. The Kier molecular flexibility index (Phi) is 4.09. The lowest BCUT2D eigenvalue weighted by molar-refractivity contribution is 0.621. The van der Waals surface area contributed by atoms with Crippen molar-refractivity contribution in [2.75, 3.05) is 35.6 Å². The molecule has 3 rings (SSSR count). The van der Waals surface area contributed by atoms with Gasteiger partial charge < -0.3 is 16.0 Å². The highest BCUT2D eigenvalue weighted by molar-refractivity contribution is 5.44. The standard InChI is InChI=1S/C16H22N6/c1-11-3-4-14(18-8-11)19-9-13-5-6-22(10-13)15-7-12(2)20-16(17)21-15/h3-4,7-8,13H,5-6,9-10H2,1-2H3,(H,18,19)(H2,17,20,21)/t13-/m0/s1. The normalized spacial score (nSPS) is 17.7. The van der Waals surface area contributed by atoms with E-state index in [1.54, 1.807) is 0 Å². The fourth-order valence-corrected chi connectivity index (χ4v) is 2.77. The van der Waals surface area contributed by atoms with E-state index < -0.39 is 0 Å². The third kappa shape index (κ3) is 3.44. The molecule has 0 saturated carbocycles. The second-order valence-electron chi connectivity index (χ2n) is 5.93. The monoisotopic (exact) mass is 298 g/mol. The molecular weight excluding hydrogens is 276 g/mol. The van der Waals surface area contributed by atoms with Crippen LogP contribution in [0.25, 0.3) is 0 Å². The van der Waals surface area contributed by atoms with Crippen molar-refractivity contribution in [2.45, 2.75) is 20.3 Å². The van der Waals surface area contributed by atoms with E-state index in [0.29, 0.717) is 11.9 Å². The van der Waals surface area contributed by atoms with E-state index in [1.807, 2.05) is 32.2 Å². The Morgan fingerprint density at radius 1 is 1.32 bits per heavy atom. The molecule has 2 aromatic heterocycles. The minimum Gasteiger partial charge on any atom is -0.370 e. The molecule has 3 heterocycles. The Balaban J connectivity index is 1.57. The smallest absolute Gasteiger partial charge is 0.222 e. The number of aromatic nitrogens is 3. The van der Waals surface area contributed by atoms with Crippen LogP contribution >= 0.6 is 0 Å². The lowest BCUT2D eigenvalue weighted by Gasteiger charge is -2.18. The first-order chi connectivity index (χ1) is 10.6. The lowest BCUT2D eigenvalue weighted by Crippen LogP contribution is -2.24. The molecule has 2 aromatic rings. The molecule has 3 N–H and O–H groups in total. The van der Waals surface area contributed by atoms with Crippen LogP contribution in [-0.4, -0.2) is 34.6 Å². The fourth-order valence-electron chi connectivity index (χ4n) is 2.77. The van der Waals surface area contributed by atoms with Crippen LogP contribution in [0.15, 0.2) is 24.4 Å². The van der Waals surface area contributed by atoms with Crippen molar-refractivity contribution in [1.82, 2.24) is 15.0 Å². The van der Waals surface area contributed by atoms with Gasteiger partial charge in [0, 0.05) is 37.6 Å². The number of hydrogen-bond acceptors (Lipinski definition) is 6. The average Bonchev–Trinajstić information content (AvgIpc) is 2.95. The van der Waals surface area contributed by atoms with Gasteiger partial charge in [-0.25, -0.2) is 9.97 Å². The van der Waals surface area contributed by atoms with Crippen LogP contribution in [0.4, 0.5) is 17.6 Å². The van der Waals surface area contributed by atoms with E-state index in [9.17, 15) is 0 Å². The first-order valence-corrected chi connectivity index (χ1v) is 7.63. The molecule has 22 heavy (non-hydrogen) atoms. The summed E-state index contributed by atoms with van der Waals surface area (Å²) in [6.07, 6.45) is 3.03. The number of rotatable bonds is 4. The van der Waals surface area contributed by atoms with Gasteiger partial charge in [-0.15, -0.1) is 0 Å². The maximum atomic E-state index is 5.74. The van der Waals surface area contributed by atoms with Gasteiger partial charge in [0.1, 0.15) is 11.6 Å². The number of nitrogens with zero attached hydrogens (tertiary/aromatic N) is 4. The fraction of sp³-hybridized carbons (Fsp3) is 0.438. The minimum atomic E-state index is 0.348. The third-order valence-corrected chi connectivity index (χ3v) is 3.95. The van der Waals surface area contributed by atoms with Gasteiger partial charge in [0.15, 0.2) is 0 Å². The van der Waals surface area contributed by atoms with Gasteiger partial charge in [-0.3, -0.25) is 0 Å². The van der Waals surface area contributed by atoms with E-state index in [-0.39, 0.29) is 0 Å². The van der Waals surface area contributed by atoms with Gasteiger partial charge in [0.25, 0.3) is 0 Å². The second kappa shape index (κ2) is 6.17. The molecule has 0 aromatic carbocycles. The van der Waals surface area contributed by atoms with Crippen molar-refractivity contribution in [1.29, 1.82) is 0 Å². The number of anilines is 3. The number of aryl methyl sites for hydroxylation is 2. The molecule has 6 nitrogen and oxygen atoms in total. The summed E-state index contributed by atoms with van der Waals surface area (Å²) in [5.74, 6) is 2.80. The average molecular weight is 298 g/mol. The number of hydrogen-bond donors (Lipinski definition) is 2. The molecule has 1 saturated heterocycles. The van der Waals surface area contributed by atoms with Crippen LogP contribution in [0.2, 0.25) is 0 Å². The first kappa shape index (κ1) is 14.6. The maximum absolute atomic E-state index is 5.74. The zero-order valence-electron chi connectivity index (χ0n) is 13.1. The molecule has 0 aliphatic carbocycles. The number of nitrogens with two attached hydrogens (primary N) is 1. The quantitative estimate of drug-likeness (QED) is 0.899. The highest BCUT2D eigenvalue weighted by Gasteiger charge is 2.23. The van der Waals surface area contributed by atoms with E-state index in [0.717, 1.165) is 43.4 Å². The van der Waals surface area contributed by atoms with Crippen LogP contribution in [0.5, 0.6) is 0 Å². The van der Waals surface area contributed by atoms with Gasteiger partial charge in [-0.2, -0.15) is 4.98 Å². The zero-order valence-corrected chi connectivity index (χ0v) is 13.1. The Morgan fingerprint density at radius 2 is 2.18 bits per heavy atom. The molecule has 1 aliphatic rings. The zero-order chi connectivity index (χ0) is 15.5. The van der Waals surface area contributed by atoms with Crippen molar-refractivity contribution >= 4 is 17.6 Å². The summed E-state index contributed by atoms with van der Waals surface area (Å²) >= 11 is 0. The maximum Gasteiger partial charge on any atom is 0.222 e. The van der Waals surface area contributed by atoms with E-state index >= 15 is 0 Å². The van der Waals surface area contributed by atoms with Crippen LogP contribution in [0.1, 0.15) is 17.7 Å². The first-order valence-electron chi connectivity index (χ1n) is 7.63. The molecule has 0 radical (unpaired) electrons. The summed E-state index contributed by atoms with van der Waals surface area (Å²) < 4.78 is 0. The second-order valence-corrected chi connectivity index (χ2v) is 5.93. The van der Waals surface area contributed by atoms with Crippen LogP contribution in [0.3, 0.4) is 0 Å². The van der Waals surface area contributed by atoms with Gasteiger partial charge in [0.05, 0.1) is 0 Å². The van der Waals surface area contributed by atoms with Gasteiger partial charge >= 0.3 is 0 Å². The molecule has 0 bridgehead atoms. The molecule has 0 amide bonds. The van der Waals surface area contributed by atoms with Crippen molar-refractivity contribution in [3.05, 3.63) is 35.7 Å². The summed E-state index contributed by atoms with van der Waals surface area (Å²) in [4.78, 5) is 15.1. The van der Waals surface area contributed by atoms with Crippen LogP contribution in [0, 0.1) is 19.8 Å². The molecular formula is C16H22N6. The van der Waals surface area contributed by atoms with Gasteiger partial charge in [-0.05, 0) is 37.8 Å². The van der Waals surface area contributed by atoms with Crippen LogP contribution in [-0.2, 0) is 0 Å². The van der Waals surface area contributed by atoms with Crippen molar-refractivity contribution in [3.63, 3.8) is 0 Å². The highest BCUT2D eigenvalue weighted by atomic mass is 15.2. The molecule has 0 unspecified atom stereocenters. The molecule has 1 atom stereocenters. The molecule has 116 valence electrons. The molecule has 1 aliphatic heterocycles.